The third kappa shape index (κ3) is 5.92. The first kappa shape index (κ1) is 21.1. The quantitative estimate of drug-likeness (QED) is 0.510. The number of ether oxygens (including phenoxy) is 1. The Bertz CT molecular complexity index is 836. The summed E-state index contributed by atoms with van der Waals surface area (Å²) in [7, 11) is 1.57. The number of carbonyl (C=O) groups is 1. The highest BCUT2D eigenvalue weighted by atomic mass is 32.1. The number of methoxy groups -OCH3 is 1. The monoisotopic (exact) mass is 412 g/mol. The Morgan fingerprint density at radius 2 is 1.86 bits per heavy atom. The summed E-state index contributed by atoms with van der Waals surface area (Å²) in [6, 6.07) is 15.8. The van der Waals surface area contributed by atoms with E-state index in [1.807, 2.05) is 6.07 Å². The minimum Gasteiger partial charge on any atom is -0.495 e. The van der Waals surface area contributed by atoms with Gasteiger partial charge in [0, 0.05) is 43.9 Å². The van der Waals surface area contributed by atoms with Crippen molar-refractivity contribution in [3.05, 3.63) is 54.1 Å². The maximum atomic E-state index is 12.6. The van der Waals surface area contributed by atoms with Gasteiger partial charge in [0.25, 0.3) is 0 Å². The average Bonchev–Trinajstić information content (AvgIpc) is 2.74. The Morgan fingerprint density at radius 3 is 2.52 bits per heavy atom. The van der Waals surface area contributed by atoms with E-state index < -0.39 is 0 Å². The highest BCUT2D eigenvalue weighted by molar-refractivity contribution is 7.80. The number of nitrogens with two attached hydrogens (primary N) is 1. The van der Waals surface area contributed by atoms with Crippen LogP contribution < -0.4 is 20.7 Å². The third-order valence-electron chi connectivity index (χ3n) is 5.15. The first-order valence-electron chi connectivity index (χ1n) is 9.87. The Kier molecular flexibility index (Phi) is 7.43. The van der Waals surface area contributed by atoms with Crippen LogP contribution in [0, 0.1) is 0 Å². The van der Waals surface area contributed by atoms with Crippen molar-refractivity contribution in [3.63, 3.8) is 0 Å². The fourth-order valence-corrected chi connectivity index (χ4v) is 3.70. The summed E-state index contributed by atoms with van der Waals surface area (Å²) in [5.74, 6) is 0.715. The second-order valence-corrected chi connectivity index (χ2v) is 7.54. The van der Waals surface area contributed by atoms with Crippen LogP contribution >= 0.6 is 12.2 Å². The third-order valence-corrected chi connectivity index (χ3v) is 5.25. The normalized spacial score (nSPS) is 14.4. The Balaban J connectivity index is 1.46. The highest BCUT2D eigenvalue weighted by Crippen LogP contribution is 2.26. The van der Waals surface area contributed by atoms with Crippen molar-refractivity contribution in [1.82, 2.24) is 4.90 Å². The second kappa shape index (κ2) is 10.2. The molecule has 154 valence electrons. The van der Waals surface area contributed by atoms with Crippen LogP contribution in [-0.4, -0.2) is 55.6 Å². The van der Waals surface area contributed by atoms with E-state index in [0.717, 1.165) is 39.1 Å². The summed E-state index contributed by atoms with van der Waals surface area (Å²) in [6.07, 6.45) is 1.35. The fourth-order valence-electron chi connectivity index (χ4n) is 3.59. The fraction of sp³-hybridized carbons (Fsp3) is 0.364. The number of ketones is 1. The lowest BCUT2D eigenvalue weighted by Crippen LogP contribution is -2.46. The molecule has 0 bridgehead atoms. The number of hydrogen-bond donors (Lipinski definition) is 2. The van der Waals surface area contributed by atoms with Gasteiger partial charge in [-0.05, 0) is 55.5 Å². The molecular formula is C22H28N4O2S. The molecule has 1 fully saturated rings. The van der Waals surface area contributed by atoms with Gasteiger partial charge >= 0.3 is 0 Å². The van der Waals surface area contributed by atoms with Crippen LogP contribution in [0.15, 0.2) is 48.5 Å². The topological polar surface area (TPSA) is 70.8 Å². The van der Waals surface area contributed by atoms with Gasteiger partial charge in [0.1, 0.15) is 5.75 Å². The summed E-state index contributed by atoms with van der Waals surface area (Å²) in [4.78, 5) is 17.4. The SMILES string of the molecule is COc1ccc(C(=O)CCCN2CCN(c3ccccc3)CC2)cc1NC(N)=S. The minimum atomic E-state index is 0.113. The first-order valence-corrected chi connectivity index (χ1v) is 10.3. The molecule has 6 nitrogen and oxygen atoms in total. The number of nitrogens with zero attached hydrogens (tertiary/aromatic N) is 2. The molecule has 0 aliphatic carbocycles. The van der Waals surface area contributed by atoms with Gasteiger partial charge in [-0.3, -0.25) is 9.69 Å². The standard InChI is InChI=1S/C22H28N4O2S/c1-28-21-10-9-17(16-19(21)24-22(23)29)20(27)8-5-11-25-12-14-26(15-13-25)18-6-3-2-4-7-18/h2-4,6-7,9-10,16H,5,8,11-15H2,1H3,(H3,23,24,29). The molecule has 1 aliphatic rings. The Morgan fingerprint density at radius 1 is 1.14 bits per heavy atom. The molecule has 3 rings (SSSR count). The molecule has 0 aromatic heterocycles. The van der Waals surface area contributed by atoms with Crippen LogP contribution in [0.3, 0.4) is 0 Å². The molecule has 1 heterocycles. The van der Waals surface area contributed by atoms with Crippen molar-refractivity contribution < 1.29 is 9.53 Å². The maximum Gasteiger partial charge on any atom is 0.168 e. The van der Waals surface area contributed by atoms with Gasteiger partial charge in [-0.25, -0.2) is 0 Å². The number of anilines is 2. The lowest BCUT2D eigenvalue weighted by Gasteiger charge is -2.36. The van der Waals surface area contributed by atoms with E-state index in [9.17, 15) is 4.79 Å². The molecule has 0 atom stereocenters. The average molecular weight is 413 g/mol. The number of carbonyl (C=O) groups excluding carboxylic acids is 1. The lowest BCUT2D eigenvalue weighted by atomic mass is 10.0. The zero-order chi connectivity index (χ0) is 20.6. The summed E-state index contributed by atoms with van der Waals surface area (Å²) < 4.78 is 5.28. The van der Waals surface area contributed by atoms with Crippen LogP contribution in [-0.2, 0) is 0 Å². The predicted octanol–water partition coefficient (Wildman–Crippen LogP) is 3.14. The van der Waals surface area contributed by atoms with Crippen LogP contribution in [0.1, 0.15) is 23.2 Å². The van der Waals surface area contributed by atoms with Gasteiger partial charge in [-0.2, -0.15) is 0 Å². The summed E-state index contributed by atoms with van der Waals surface area (Å²) in [6.45, 7) is 5.01. The van der Waals surface area contributed by atoms with E-state index in [0.29, 0.717) is 23.4 Å². The maximum absolute atomic E-state index is 12.6. The summed E-state index contributed by atoms with van der Waals surface area (Å²) in [5, 5.41) is 3.01. The van der Waals surface area contributed by atoms with Crippen molar-refractivity contribution in [3.8, 4) is 5.75 Å². The molecule has 1 saturated heterocycles. The number of piperazine rings is 1. The van der Waals surface area contributed by atoms with Crippen LogP contribution in [0.4, 0.5) is 11.4 Å². The minimum absolute atomic E-state index is 0.113. The van der Waals surface area contributed by atoms with Gasteiger partial charge in [-0.1, -0.05) is 18.2 Å². The molecule has 2 aromatic rings. The molecule has 3 N–H and O–H groups in total. The number of rotatable bonds is 8. The number of thiocarbonyl (C=S) groups is 1. The van der Waals surface area contributed by atoms with Crippen molar-refractivity contribution in [2.45, 2.75) is 12.8 Å². The molecule has 0 radical (unpaired) electrons. The smallest absolute Gasteiger partial charge is 0.168 e. The predicted molar refractivity (Wildman–Crippen MR) is 122 cm³/mol. The van der Waals surface area contributed by atoms with Crippen LogP contribution in [0.25, 0.3) is 0 Å². The molecule has 1 aliphatic heterocycles. The number of para-hydroxylation sites is 1. The van der Waals surface area contributed by atoms with Crippen molar-refractivity contribution in [2.24, 2.45) is 5.73 Å². The molecule has 0 spiro atoms. The van der Waals surface area contributed by atoms with Crippen molar-refractivity contribution >= 4 is 34.5 Å². The zero-order valence-corrected chi connectivity index (χ0v) is 17.6. The van der Waals surface area contributed by atoms with Crippen LogP contribution in [0.2, 0.25) is 0 Å². The largest absolute Gasteiger partial charge is 0.495 e. The number of benzene rings is 2. The molecule has 0 saturated carbocycles. The van der Waals surface area contributed by atoms with Crippen LogP contribution in [0.5, 0.6) is 5.75 Å². The molecule has 0 amide bonds. The summed E-state index contributed by atoms with van der Waals surface area (Å²) >= 11 is 4.89. The van der Waals surface area contributed by atoms with Gasteiger partial charge in [0.05, 0.1) is 12.8 Å². The Hall–Kier alpha value is -2.64. The number of Topliss-reactive ketones (excluding diaryl/α,β-unsaturated/α-hetero) is 1. The van der Waals surface area contributed by atoms with Gasteiger partial charge in [0.15, 0.2) is 10.9 Å². The van der Waals surface area contributed by atoms with E-state index in [4.69, 9.17) is 22.7 Å². The molecule has 29 heavy (non-hydrogen) atoms. The first-order chi connectivity index (χ1) is 14.1. The van der Waals surface area contributed by atoms with E-state index in [2.05, 4.69) is 39.4 Å². The van der Waals surface area contributed by atoms with E-state index >= 15 is 0 Å². The molecular weight excluding hydrogens is 384 g/mol. The van der Waals surface area contributed by atoms with Crippen molar-refractivity contribution in [2.75, 3.05) is 50.1 Å². The number of nitrogens with one attached hydrogen (secondary N) is 1. The molecule has 7 heteroatoms. The molecule has 2 aromatic carbocycles. The number of hydrogen-bond acceptors (Lipinski definition) is 5. The van der Waals surface area contributed by atoms with Crippen molar-refractivity contribution in [1.29, 1.82) is 0 Å². The second-order valence-electron chi connectivity index (χ2n) is 7.10. The highest BCUT2D eigenvalue weighted by Gasteiger charge is 2.17. The van der Waals surface area contributed by atoms with Gasteiger partial charge in [-0.15, -0.1) is 0 Å². The Labute approximate surface area is 177 Å². The lowest BCUT2D eigenvalue weighted by molar-refractivity contribution is 0.0974. The van der Waals surface area contributed by atoms with E-state index in [1.165, 1.54) is 5.69 Å². The van der Waals surface area contributed by atoms with Gasteiger partial charge < -0.3 is 20.7 Å². The summed E-state index contributed by atoms with van der Waals surface area (Å²) in [5.41, 5.74) is 8.09. The van der Waals surface area contributed by atoms with E-state index in [-0.39, 0.29) is 10.9 Å². The molecule has 0 unspecified atom stereocenters. The van der Waals surface area contributed by atoms with Gasteiger partial charge in [0.2, 0.25) is 0 Å². The zero-order valence-electron chi connectivity index (χ0n) is 16.8. The van der Waals surface area contributed by atoms with E-state index in [1.54, 1.807) is 25.3 Å².